The lowest BCUT2D eigenvalue weighted by Crippen LogP contribution is -2.50. The number of rotatable bonds is 6. The zero-order chi connectivity index (χ0) is 20.2. The summed E-state index contributed by atoms with van der Waals surface area (Å²) in [5, 5.41) is 3.52. The first-order valence-electron chi connectivity index (χ1n) is 10.0. The van der Waals surface area contributed by atoms with Crippen LogP contribution in [0.15, 0.2) is 48.5 Å². The standard InChI is InChI=1S/C22H26N4O2S/c1-2-17-13-16(24-21(23)27)11-12-26(17)14-15-7-9-18(10-8-15)28-22-25-19-5-3-4-6-20(19)29-22/h3-10,16-17H,2,11-14H2,1H3,(H3,23,24,27)/t16-,17-/m0/s1. The highest BCUT2D eigenvalue weighted by Gasteiger charge is 2.27. The number of amides is 2. The molecule has 3 aromatic rings. The number of urea groups is 1. The van der Waals surface area contributed by atoms with Crippen molar-refractivity contribution in [1.82, 2.24) is 15.2 Å². The average molecular weight is 411 g/mol. The average Bonchev–Trinajstić information content (AvgIpc) is 3.12. The van der Waals surface area contributed by atoms with E-state index in [0.717, 1.165) is 48.3 Å². The molecule has 2 atom stereocenters. The zero-order valence-electron chi connectivity index (χ0n) is 16.5. The molecule has 152 valence electrons. The summed E-state index contributed by atoms with van der Waals surface area (Å²) in [5.74, 6) is 0.796. The minimum atomic E-state index is -0.429. The zero-order valence-corrected chi connectivity index (χ0v) is 17.3. The van der Waals surface area contributed by atoms with Crippen molar-refractivity contribution < 1.29 is 9.53 Å². The molecule has 2 amide bonds. The van der Waals surface area contributed by atoms with Gasteiger partial charge < -0.3 is 15.8 Å². The van der Waals surface area contributed by atoms with Crippen LogP contribution in [0.5, 0.6) is 10.9 Å². The number of nitrogens with zero attached hydrogens (tertiary/aromatic N) is 2. The molecular formula is C22H26N4O2S. The highest BCUT2D eigenvalue weighted by molar-refractivity contribution is 7.20. The molecule has 0 unspecified atom stereocenters. The molecule has 0 spiro atoms. The van der Waals surface area contributed by atoms with Gasteiger partial charge in [0, 0.05) is 25.2 Å². The van der Waals surface area contributed by atoms with Gasteiger partial charge in [0.25, 0.3) is 5.19 Å². The van der Waals surface area contributed by atoms with E-state index < -0.39 is 6.03 Å². The lowest BCUT2D eigenvalue weighted by atomic mass is 9.95. The number of piperidine rings is 1. The Bertz CT molecular complexity index is 939. The maximum Gasteiger partial charge on any atom is 0.312 e. The van der Waals surface area contributed by atoms with Crippen molar-refractivity contribution in [2.24, 2.45) is 5.73 Å². The number of aromatic nitrogens is 1. The number of thiazole rings is 1. The predicted molar refractivity (Wildman–Crippen MR) is 116 cm³/mol. The predicted octanol–water partition coefficient (Wildman–Crippen LogP) is 4.50. The summed E-state index contributed by atoms with van der Waals surface area (Å²) >= 11 is 1.55. The van der Waals surface area contributed by atoms with Gasteiger partial charge in [-0.1, -0.05) is 42.5 Å². The fourth-order valence-corrected chi connectivity index (χ4v) is 4.79. The third-order valence-corrected chi connectivity index (χ3v) is 6.36. The van der Waals surface area contributed by atoms with Gasteiger partial charge in [0.1, 0.15) is 5.75 Å². The summed E-state index contributed by atoms with van der Waals surface area (Å²) in [4.78, 5) is 18.1. The van der Waals surface area contributed by atoms with Gasteiger partial charge in [0.2, 0.25) is 0 Å². The molecule has 0 aliphatic carbocycles. The Kier molecular flexibility index (Phi) is 5.97. The molecule has 4 rings (SSSR count). The maximum atomic E-state index is 11.1. The van der Waals surface area contributed by atoms with E-state index in [9.17, 15) is 4.79 Å². The molecule has 2 aromatic carbocycles. The molecule has 7 heteroatoms. The van der Waals surface area contributed by atoms with Crippen LogP contribution in [0.3, 0.4) is 0 Å². The van der Waals surface area contributed by atoms with Crippen molar-refractivity contribution in [1.29, 1.82) is 0 Å². The lowest BCUT2D eigenvalue weighted by Gasteiger charge is -2.39. The molecule has 29 heavy (non-hydrogen) atoms. The highest BCUT2D eigenvalue weighted by atomic mass is 32.1. The third-order valence-electron chi connectivity index (χ3n) is 5.44. The van der Waals surface area contributed by atoms with Crippen LogP contribution in [0.25, 0.3) is 10.2 Å². The molecule has 0 saturated carbocycles. The number of likely N-dealkylation sites (tertiary alicyclic amines) is 1. The molecule has 3 N–H and O–H groups in total. The largest absolute Gasteiger partial charge is 0.431 e. The first kappa shape index (κ1) is 19.7. The van der Waals surface area contributed by atoms with Crippen LogP contribution in [-0.2, 0) is 6.54 Å². The lowest BCUT2D eigenvalue weighted by molar-refractivity contribution is 0.116. The summed E-state index contributed by atoms with van der Waals surface area (Å²) in [6.45, 7) is 4.04. The molecule has 1 aliphatic rings. The highest BCUT2D eigenvalue weighted by Crippen LogP contribution is 2.31. The van der Waals surface area contributed by atoms with Crippen LogP contribution < -0.4 is 15.8 Å². The molecule has 1 saturated heterocycles. The minimum Gasteiger partial charge on any atom is -0.431 e. The third kappa shape index (κ3) is 4.86. The van der Waals surface area contributed by atoms with E-state index in [-0.39, 0.29) is 6.04 Å². The summed E-state index contributed by atoms with van der Waals surface area (Å²) in [7, 11) is 0. The number of carbonyl (C=O) groups is 1. The van der Waals surface area contributed by atoms with E-state index >= 15 is 0 Å². The van der Waals surface area contributed by atoms with Crippen molar-refractivity contribution in [3.8, 4) is 10.9 Å². The normalized spacial score (nSPS) is 19.9. The molecule has 1 aliphatic heterocycles. The number of carbonyl (C=O) groups excluding carboxylic acids is 1. The van der Waals surface area contributed by atoms with Gasteiger partial charge in [0.05, 0.1) is 10.2 Å². The van der Waals surface area contributed by atoms with E-state index in [1.165, 1.54) is 5.56 Å². The van der Waals surface area contributed by atoms with Crippen LogP contribution >= 0.6 is 11.3 Å². The van der Waals surface area contributed by atoms with Gasteiger partial charge in [-0.15, -0.1) is 0 Å². The Morgan fingerprint density at radius 2 is 2.07 bits per heavy atom. The van der Waals surface area contributed by atoms with Crippen LogP contribution in [0.1, 0.15) is 31.7 Å². The first-order valence-corrected chi connectivity index (χ1v) is 10.8. The number of benzene rings is 2. The van der Waals surface area contributed by atoms with Crippen molar-refractivity contribution in [3.05, 3.63) is 54.1 Å². The van der Waals surface area contributed by atoms with Crippen LogP contribution in [0, 0.1) is 0 Å². The smallest absolute Gasteiger partial charge is 0.312 e. The fraction of sp³-hybridized carbons (Fsp3) is 0.364. The van der Waals surface area contributed by atoms with Crippen molar-refractivity contribution in [2.45, 2.75) is 44.8 Å². The minimum absolute atomic E-state index is 0.179. The Morgan fingerprint density at radius 1 is 1.28 bits per heavy atom. The van der Waals surface area contributed by atoms with Crippen molar-refractivity contribution in [3.63, 3.8) is 0 Å². The molecule has 0 radical (unpaired) electrons. The van der Waals surface area contributed by atoms with Gasteiger partial charge in [-0.05, 0) is 49.1 Å². The molecule has 0 bridgehead atoms. The maximum absolute atomic E-state index is 11.1. The van der Waals surface area contributed by atoms with Gasteiger partial charge in [-0.3, -0.25) is 4.90 Å². The number of hydrogen-bond acceptors (Lipinski definition) is 5. The number of hydrogen-bond donors (Lipinski definition) is 2. The van der Waals surface area contributed by atoms with Gasteiger partial charge in [-0.2, -0.15) is 0 Å². The fourth-order valence-electron chi connectivity index (χ4n) is 3.96. The molecular weight excluding hydrogens is 384 g/mol. The van der Waals surface area contributed by atoms with E-state index in [4.69, 9.17) is 10.5 Å². The second-order valence-corrected chi connectivity index (χ2v) is 8.45. The summed E-state index contributed by atoms with van der Waals surface area (Å²) in [6.07, 6.45) is 2.92. The Balaban J connectivity index is 1.37. The number of ether oxygens (including phenoxy) is 1. The van der Waals surface area contributed by atoms with Crippen molar-refractivity contribution in [2.75, 3.05) is 6.54 Å². The van der Waals surface area contributed by atoms with E-state index in [1.807, 2.05) is 30.3 Å². The monoisotopic (exact) mass is 410 g/mol. The number of para-hydroxylation sites is 1. The van der Waals surface area contributed by atoms with E-state index in [2.05, 4.69) is 40.3 Å². The Hall–Kier alpha value is -2.64. The summed E-state index contributed by atoms with van der Waals surface area (Å²) in [6, 6.07) is 16.5. The Labute approximate surface area is 174 Å². The van der Waals surface area contributed by atoms with E-state index in [1.54, 1.807) is 11.3 Å². The van der Waals surface area contributed by atoms with Crippen LogP contribution in [0.2, 0.25) is 0 Å². The summed E-state index contributed by atoms with van der Waals surface area (Å²) in [5.41, 5.74) is 7.49. The molecule has 1 fully saturated rings. The van der Waals surface area contributed by atoms with Gasteiger partial charge >= 0.3 is 6.03 Å². The van der Waals surface area contributed by atoms with Gasteiger partial charge in [0.15, 0.2) is 0 Å². The number of nitrogens with two attached hydrogens (primary N) is 1. The van der Waals surface area contributed by atoms with E-state index in [0.29, 0.717) is 11.2 Å². The number of nitrogens with one attached hydrogen (secondary N) is 1. The number of primary amides is 1. The second-order valence-electron chi connectivity index (χ2n) is 7.46. The molecule has 1 aromatic heterocycles. The first-order chi connectivity index (χ1) is 14.1. The van der Waals surface area contributed by atoms with Crippen LogP contribution in [0.4, 0.5) is 4.79 Å². The second kappa shape index (κ2) is 8.80. The van der Waals surface area contributed by atoms with Crippen LogP contribution in [-0.4, -0.2) is 34.5 Å². The number of fused-ring (bicyclic) bond motifs is 1. The molecule has 6 nitrogen and oxygen atoms in total. The molecule has 2 heterocycles. The SMILES string of the molecule is CC[C@H]1C[C@@H](NC(N)=O)CCN1Cc1ccc(Oc2nc3ccccc3s2)cc1. The van der Waals surface area contributed by atoms with Gasteiger partial charge in [-0.25, -0.2) is 9.78 Å². The Morgan fingerprint density at radius 3 is 2.79 bits per heavy atom. The quantitative estimate of drug-likeness (QED) is 0.627. The van der Waals surface area contributed by atoms with Crippen molar-refractivity contribution >= 4 is 27.6 Å². The topological polar surface area (TPSA) is 80.5 Å². The summed E-state index contributed by atoms with van der Waals surface area (Å²) < 4.78 is 7.07.